The summed E-state index contributed by atoms with van der Waals surface area (Å²) < 4.78 is 11.3. The summed E-state index contributed by atoms with van der Waals surface area (Å²) in [5.41, 5.74) is 3.30. The van der Waals surface area contributed by atoms with Crippen LogP contribution in [0.1, 0.15) is 59.3 Å². The van der Waals surface area contributed by atoms with E-state index in [2.05, 4.69) is 6.92 Å². The summed E-state index contributed by atoms with van der Waals surface area (Å²) in [5.74, 6) is 0.613. The highest BCUT2D eigenvalue weighted by atomic mass is 16.5. The van der Waals surface area contributed by atoms with Gasteiger partial charge < -0.3 is 19.5 Å². The third-order valence-corrected chi connectivity index (χ3v) is 4.70. The first-order valence-electron chi connectivity index (χ1n) is 9.41. The van der Waals surface area contributed by atoms with Crippen LogP contribution in [0.3, 0.4) is 0 Å². The van der Waals surface area contributed by atoms with Crippen molar-refractivity contribution >= 4 is 5.97 Å². The van der Waals surface area contributed by atoms with Crippen molar-refractivity contribution in [3.05, 3.63) is 58.7 Å². The molecule has 5 heteroatoms. The smallest absolute Gasteiger partial charge is 0.339 e. The molecule has 1 atom stereocenters. The van der Waals surface area contributed by atoms with Gasteiger partial charge in [0.2, 0.25) is 0 Å². The Balaban J connectivity index is 1.66. The van der Waals surface area contributed by atoms with E-state index in [0.717, 1.165) is 36.0 Å². The van der Waals surface area contributed by atoms with Crippen molar-refractivity contribution in [2.24, 2.45) is 0 Å². The van der Waals surface area contributed by atoms with Crippen molar-refractivity contribution in [3.8, 4) is 11.5 Å². The Morgan fingerprint density at radius 2 is 2.00 bits per heavy atom. The number of phenols is 1. The normalized spacial score (nSPS) is 15.7. The van der Waals surface area contributed by atoms with E-state index in [1.165, 1.54) is 0 Å². The summed E-state index contributed by atoms with van der Waals surface area (Å²) in [6, 6.07) is 11.1. The van der Waals surface area contributed by atoms with Gasteiger partial charge in [0.05, 0.1) is 5.56 Å². The summed E-state index contributed by atoms with van der Waals surface area (Å²) in [6.07, 6.45) is 2.82. The minimum absolute atomic E-state index is 0.136. The lowest BCUT2D eigenvalue weighted by Gasteiger charge is -2.13. The van der Waals surface area contributed by atoms with Crippen molar-refractivity contribution in [1.29, 1.82) is 0 Å². The second-order valence-corrected chi connectivity index (χ2v) is 7.27. The molecule has 0 saturated heterocycles. The van der Waals surface area contributed by atoms with Crippen LogP contribution in [0.25, 0.3) is 0 Å². The standard InChI is InChI=1S/C22H27NO4/c1-4-5-6-21-18-10-9-17(12-19(18)22(25)27-21)26-14-15-7-8-16(13-23(2)3)20(24)11-15/h7-12,21,24H,4-6,13-14H2,1-3H3. The lowest BCUT2D eigenvalue weighted by Crippen LogP contribution is -2.10. The zero-order valence-electron chi connectivity index (χ0n) is 16.2. The number of hydrogen-bond donors (Lipinski definition) is 1. The van der Waals surface area contributed by atoms with E-state index < -0.39 is 0 Å². The molecule has 5 nitrogen and oxygen atoms in total. The number of hydrogen-bond acceptors (Lipinski definition) is 5. The van der Waals surface area contributed by atoms with Crippen LogP contribution in [0.2, 0.25) is 0 Å². The molecule has 2 aromatic rings. The molecule has 1 unspecified atom stereocenters. The van der Waals surface area contributed by atoms with E-state index in [1.54, 1.807) is 12.1 Å². The number of unbranched alkanes of at least 4 members (excludes halogenated alkanes) is 1. The Morgan fingerprint density at radius 3 is 2.70 bits per heavy atom. The molecule has 0 saturated carbocycles. The summed E-state index contributed by atoms with van der Waals surface area (Å²) in [6.45, 7) is 3.13. The molecule has 1 heterocycles. The average molecular weight is 369 g/mol. The first-order chi connectivity index (χ1) is 13.0. The van der Waals surface area contributed by atoms with E-state index in [1.807, 2.05) is 43.3 Å². The molecule has 0 amide bonds. The number of nitrogens with zero attached hydrogens (tertiary/aromatic N) is 1. The molecule has 3 rings (SSSR count). The number of esters is 1. The highest BCUT2D eigenvalue weighted by molar-refractivity contribution is 5.94. The summed E-state index contributed by atoms with van der Waals surface area (Å²) in [5, 5.41) is 10.2. The molecule has 0 radical (unpaired) electrons. The Morgan fingerprint density at radius 1 is 1.19 bits per heavy atom. The van der Waals surface area contributed by atoms with Gasteiger partial charge in [0, 0.05) is 17.7 Å². The van der Waals surface area contributed by atoms with E-state index in [4.69, 9.17) is 9.47 Å². The van der Waals surface area contributed by atoms with Gasteiger partial charge in [0.15, 0.2) is 0 Å². The van der Waals surface area contributed by atoms with Gasteiger partial charge in [-0.25, -0.2) is 4.79 Å². The molecule has 1 aliphatic heterocycles. The molecule has 0 aliphatic carbocycles. The molecular formula is C22H27NO4. The summed E-state index contributed by atoms with van der Waals surface area (Å²) >= 11 is 0. The monoisotopic (exact) mass is 369 g/mol. The van der Waals surface area contributed by atoms with E-state index in [-0.39, 0.29) is 17.8 Å². The Kier molecular flexibility index (Phi) is 6.01. The second kappa shape index (κ2) is 8.44. The maximum atomic E-state index is 12.1. The highest BCUT2D eigenvalue weighted by Crippen LogP contribution is 2.36. The van der Waals surface area contributed by atoms with Gasteiger partial charge in [0.25, 0.3) is 0 Å². The molecule has 1 N–H and O–H groups in total. The lowest BCUT2D eigenvalue weighted by molar-refractivity contribution is 0.0364. The van der Waals surface area contributed by atoms with Crippen LogP contribution in [0.5, 0.6) is 11.5 Å². The molecule has 2 aromatic carbocycles. The number of carbonyl (C=O) groups excluding carboxylic acids is 1. The molecular weight excluding hydrogens is 342 g/mol. The van der Waals surface area contributed by atoms with Crippen LogP contribution in [0, 0.1) is 0 Å². The predicted octanol–water partition coefficient (Wildman–Crippen LogP) is 4.43. The fourth-order valence-electron chi connectivity index (χ4n) is 3.28. The molecule has 0 spiro atoms. The maximum Gasteiger partial charge on any atom is 0.339 e. The zero-order valence-corrected chi connectivity index (χ0v) is 16.2. The van der Waals surface area contributed by atoms with Crippen molar-refractivity contribution in [1.82, 2.24) is 4.90 Å². The SMILES string of the molecule is CCCCC1OC(=O)c2cc(OCc3ccc(CN(C)C)c(O)c3)ccc21. The van der Waals surface area contributed by atoms with Gasteiger partial charge in [0.1, 0.15) is 24.2 Å². The van der Waals surface area contributed by atoms with Gasteiger partial charge in [-0.15, -0.1) is 0 Å². The van der Waals surface area contributed by atoms with Gasteiger partial charge in [-0.05, 0) is 50.7 Å². The zero-order chi connectivity index (χ0) is 19.4. The molecule has 27 heavy (non-hydrogen) atoms. The van der Waals surface area contributed by atoms with Gasteiger partial charge in [-0.3, -0.25) is 0 Å². The fraction of sp³-hybridized carbons (Fsp3) is 0.409. The van der Waals surface area contributed by atoms with Gasteiger partial charge in [-0.1, -0.05) is 31.5 Å². The first kappa shape index (κ1) is 19.2. The number of phenolic OH excluding ortho intramolecular Hbond substituents is 1. The third kappa shape index (κ3) is 4.61. The first-order valence-corrected chi connectivity index (χ1v) is 9.41. The summed E-state index contributed by atoms with van der Waals surface area (Å²) in [7, 11) is 3.92. The van der Waals surface area contributed by atoms with Crippen molar-refractivity contribution in [2.45, 2.75) is 45.4 Å². The van der Waals surface area contributed by atoms with E-state index in [0.29, 0.717) is 24.5 Å². The van der Waals surface area contributed by atoms with Crippen LogP contribution < -0.4 is 4.74 Å². The number of aromatic hydroxyl groups is 1. The predicted molar refractivity (Wildman–Crippen MR) is 104 cm³/mol. The highest BCUT2D eigenvalue weighted by Gasteiger charge is 2.30. The number of carbonyl (C=O) groups is 1. The number of fused-ring (bicyclic) bond motifs is 1. The fourth-order valence-corrected chi connectivity index (χ4v) is 3.28. The lowest BCUT2D eigenvalue weighted by atomic mass is 10.0. The maximum absolute atomic E-state index is 12.1. The molecule has 0 aromatic heterocycles. The van der Waals surface area contributed by atoms with Gasteiger partial charge >= 0.3 is 5.97 Å². The number of benzene rings is 2. The molecule has 0 fully saturated rings. The minimum atomic E-state index is -0.276. The van der Waals surface area contributed by atoms with E-state index in [9.17, 15) is 9.90 Å². The third-order valence-electron chi connectivity index (χ3n) is 4.70. The number of cyclic esters (lactones) is 1. The number of ether oxygens (including phenoxy) is 2. The Labute approximate surface area is 160 Å². The largest absolute Gasteiger partial charge is 0.508 e. The average Bonchev–Trinajstić information content (AvgIpc) is 2.95. The van der Waals surface area contributed by atoms with Crippen LogP contribution in [0.15, 0.2) is 36.4 Å². The molecule has 1 aliphatic rings. The van der Waals surface area contributed by atoms with Crippen molar-refractivity contribution < 1.29 is 19.4 Å². The van der Waals surface area contributed by atoms with Crippen LogP contribution in [0.4, 0.5) is 0 Å². The van der Waals surface area contributed by atoms with Crippen LogP contribution in [-0.2, 0) is 17.9 Å². The Hall–Kier alpha value is -2.53. The van der Waals surface area contributed by atoms with Crippen LogP contribution >= 0.6 is 0 Å². The topological polar surface area (TPSA) is 59.0 Å². The summed E-state index contributed by atoms with van der Waals surface area (Å²) in [4.78, 5) is 14.1. The number of rotatable bonds is 8. The minimum Gasteiger partial charge on any atom is -0.508 e. The Bertz CT molecular complexity index is 816. The van der Waals surface area contributed by atoms with Gasteiger partial charge in [-0.2, -0.15) is 0 Å². The van der Waals surface area contributed by atoms with Crippen molar-refractivity contribution in [2.75, 3.05) is 14.1 Å². The van der Waals surface area contributed by atoms with Crippen LogP contribution in [-0.4, -0.2) is 30.1 Å². The van der Waals surface area contributed by atoms with E-state index >= 15 is 0 Å². The second-order valence-electron chi connectivity index (χ2n) is 7.27. The molecule has 144 valence electrons. The molecule has 0 bridgehead atoms. The van der Waals surface area contributed by atoms with Crippen molar-refractivity contribution in [3.63, 3.8) is 0 Å². The quantitative estimate of drug-likeness (QED) is 0.698.